The van der Waals surface area contributed by atoms with Crippen LogP contribution in [0.2, 0.25) is 0 Å². The summed E-state index contributed by atoms with van der Waals surface area (Å²) in [4.78, 5) is 0. The van der Waals surface area contributed by atoms with Crippen molar-refractivity contribution in [3.05, 3.63) is 53.8 Å². The highest BCUT2D eigenvalue weighted by Crippen LogP contribution is 2.30. The van der Waals surface area contributed by atoms with Crippen LogP contribution in [0.4, 0.5) is 10.1 Å². The second kappa shape index (κ2) is 5.61. The molecule has 19 heavy (non-hydrogen) atoms. The monoisotopic (exact) mass is 261 g/mol. The Kier molecular flexibility index (Phi) is 3.90. The summed E-state index contributed by atoms with van der Waals surface area (Å²) in [5.74, 6) is 0.245. The van der Waals surface area contributed by atoms with E-state index in [4.69, 9.17) is 4.74 Å². The van der Waals surface area contributed by atoms with Crippen molar-refractivity contribution in [1.82, 2.24) is 0 Å². The quantitative estimate of drug-likeness (QED) is 0.881. The number of phenolic OH excluding ortho intramolecular Hbond substituents is 1. The van der Waals surface area contributed by atoms with Crippen molar-refractivity contribution in [3.8, 4) is 11.5 Å². The highest BCUT2D eigenvalue weighted by atomic mass is 19.1. The Labute approximate surface area is 111 Å². The summed E-state index contributed by atoms with van der Waals surface area (Å²) in [5, 5.41) is 12.7. The number of hydrogen-bond acceptors (Lipinski definition) is 3. The molecular weight excluding hydrogens is 245 g/mol. The fourth-order valence-corrected chi connectivity index (χ4v) is 1.88. The van der Waals surface area contributed by atoms with E-state index < -0.39 is 0 Å². The molecule has 4 heteroatoms. The van der Waals surface area contributed by atoms with Gasteiger partial charge in [-0.3, -0.25) is 0 Å². The van der Waals surface area contributed by atoms with Crippen LogP contribution >= 0.6 is 0 Å². The first-order valence-electron chi connectivity index (χ1n) is 5.99. The molecule has 100 valence electrons. The van der Waals surface area contributed by atoms with Crippen molar-refractivity contribution in [2.45, 2.75) is 13.0 Å². The Balaban J connectivity index is 2.18. The van der Waals surface area contributed by atoms with Gasteiger partial charge in [0.2, 0.25) is 0 Å². The smallest absolute Gasteiger partial charge is 0.160 e. The summed E-state index contributed by atoms with van der Waals surface area (Å²) < 4.78 is 18.2. The van der Waals surface area contributed by atoms with Crippen LogP contribution in [0.1, 0.15) is 18.5 Å². The van der Waals surface area contributed by atoms with Crippen LogP contribution in [0.15, 0.2) is 42.5 Å². The van der Waals surface area contributed by atoms with Crippen LogP contribution in [0.25, 0.3) is 0 Å². The Morgan fingerprint density at radius 1 is 1.21 bits per heavy atom. The first kappa shape index (κ1) is 13.2. The number of phenols is 1. The van der Waals surface area contributed by atoms with E-state index in [9.17, 15) is 9.50 Å². The van der Waals surface area contributed by atoms with E-state index in [0.29, 0.717) is 11.4 Å². The molecule has 0 amide bonds. The molecule has 0 spiro atoms. The summed E-state index contributed by atoms with van der Waals surface area (Å²) in [6, 6.07) is 11.4. The second-order valence-corrected chi connectivity index (χ2v) is 4.31. The third-order valence-corrected chi connectivity index (χ3v) is 2.91. The molecule has 0 bridgehead atoms. The number of ether oxygens (including phenoxy) is 1. The van der Waals surface area contributed by atoms with Gasteiger partial charge in [-0.1, -0.05) is 12.1 Å². The summed E-state index contributed by atoms with van der Waals surface area (Å²) in [7, 11) is 1.50. The van der Waals surface area contributed by atoms with Crippen LogP contribution in [0, 0.1) is 5.82 Å². The summed E-state index contributed by atoms with van der Waals surface area (Å²) >= 11 is 0. The van der Waals surface area contributed by atoms with Crippen LogP contribution in [-0.2, 0) is 0 Å². The first-order valence-corrected chi connectivity index (χ1v) is 5.99. The Hall–Kier alpha value is -2.23. The Bertz CT molecular complexity index is 572. The molecule has 0 aliphatic heterocycles. The number of halogens is 1. The van der Waals surface area contributed by atoms with E-state index in [0.717, 1.165) is 5.56 Å². The zero-order valence-electron chi connectivity index (χ0n) is 10.9. The van der Waals surface area contributed by atoms with E-state index in [2.05, 4.69) is 5.32 Å². The lowest BCUT2D eigenvalue weighted by Gasteiger charge is -2.17. The Morgan fingerprint density at radius 2 is 2.00 bits per heavy atom. The lowest BCUT2D eigenvalue weighted by atomic mass is 10.1. The minimum absolute atomic E-state index is 0.0312. The van der Waals surface area contributed by atoms with Gasteiger partial charge in [0.15, 0.2) is 11.5 Å². The molecule has 1 atom stereocenters. The van der Waals surface area contributed by atoms with Crippen LogP contribution in [0.3, 0.4) is 0 Å². The van der Waals surface area contributed by atoms with Gasteiger partial charge in [0.05, 0.1) is 7.11 Å². The van der Waals surface area contributed by atoms with Crippen LogP contribution < -0.4 is 10.1 Å². The van der Waals surface area contributed by atoms with Gasteiger partial charge in [-0.2, -0.15) is 0 Å². The number of nitrogens with one attached hydrogen (secondary N) is 1. The molecule has 3 nitrogen and oxygen atoms in total. The minimum atomic E-state index is -0.277. The Morgan fingerprint density at radius 3 is 2.68 bits per heavy atom. The molecule has 0 heterocycles. The summed E-state index contributed by atoms with van der Waals surface area (Å²) in [5.41, 5.74) is 1.65. The molecule has 1 unspecified atom stereocenters. The topological polar surface area (TPSA) is 41.5 Å². The number of hydrogen-bond donors (Lipinski definition) is 2. The molecule has 2 N–H and O–H groups in total. The maximum Gasteiger partial charge on any atom is 0.160 e. The normalized spacial score (nSPS) is 11.9. The predicted molar refractivity (Wildman–Crippen MR) is 73.1 cm³/mol. The maximum absolute atomic E-state index is 13.1. The van der Waals surface area contributed by atoms with Gasteiger partial charge in [0.25, 0.3) is 0 Å². The van der Waals surface area contributed by atoms with E-state index in [1.54, 1.807) is 30.3 Å². The van der Waals surface area contributed by atoms with Gasteiger partial charge in [-0.05, 0) is 42.8 Å². The van der Waals surface area contributed by atoms with Crippen molar-refractivity contribution < 1.29 is 14.2 Å². The molecule has 2 aromatic rings. The van der Waals surface area contributed by atoms with E-state index >= 15 is 0 Å². The van der Waals surface area contributed by atoms with Gasteiger partial charge >= 0.3 is 0 Å². The van der Waals surface area contributed by atoms with Gasteiger partial charge in [-0.15, -0.1) is 0 Å². The highest BCUT2D eigenvalue weighted by molar-refractivity contribution is 5.48. The number of anilines is 1. The van der Waals surface area contributed by atoms with Crippen molar-refractivity contribution in [2.24, 2.45) is 0 Å². The van der Waals surface area contributed by atoms with Crippen molar-refractivity contribution in [2.75, 3.05) is 12.4 Å². The van der Waals surface area contributed by atoms with E-state index in [-0.39, 0.29) is 17.6 Å². The number of methoxy groups -OCH3 is 1. The first-order chi connectivity index (χ1) is 9.10. The zero-order chi connectivity index (χ0) is 13.8. The molecule has 0 aromatic heterocycles. The lowest BCUT2D eigenvalue weighted by molar-refractivity contribution is 0.373. The lowest BCUT2D eigenvalue weighted by Crippen LogP contribution is -2.06. The minimum Gasteiger partial charge on any atom is -0.504 e. The molecule has 0 radical (unpaired) electrons. The largest absolute Gasteiger partial charge is 0.504 e. The van der Waals surface area contributed by atoms with Gasteiger partial charge in [0.1, 0.15) is 5.82 Å². The molecule has 0 fully saturated rings. The van der Waals surface area contributed by atoms with Crippen molar-refractivity contribution in [1.29, 1.82) is 0 Å². The van der Waals surface area contributed by atoms with E-state index in [1.165, 1.54) is 19.2 Å². The molecule has 0 saturated carbocycles. The van der Waals surface area contributed by atoms with Crippen molar-refractivity contribution in [3.63, 3.8) is 0 Å². The van der Waals surface area contributed by atoms with Crippen LogP contribution in [-0.4, -0.2) is 12.2 Å². The van der Waals surface area contributed by atoms with Gasteiger partial charge < -0.3 is 15.2 Å². The second-order valence-electron chi connectivity index (χ2n) is 4.31. The fraction of sp³-hybridized carbons (Fsp3) is 0.200. The summed E-state index contributed by atoms with van der Waals surface area (Å²) in [6.45, 7) is 1.96. The predicted octanol–water partition coefficient (Wildman–Crippen LogP) is 3.71. The highest BCUT2D eigenvalue weighted by Gasteiger charge is 2.09. The van der Waals surface area contributed by atoms with Crippen molar-refractivity contribution >= 4 is 5.69 Å². The average Bonchev–Trinajstić information content (AvgIpc) is 2.39. The average molecular weight is 261 g/mol. The molecular formula is C15H16FNO2. The molecule has 0 aliphatic rings. The van der Waals surface area contributed by atoms with Gasteiger partial charge in [0, 0.05) is 11.7 Å². The molecule has 2 rings (SSSR count). The van der Waals surface area contributed by atoms with Crippen LogP contribution in [0.5, 0.6) is 11.5 Å². The fourth-order valence-electron chi connectivity index (χ4n) is 1.88. The third-order valence-electron chi connectivity index (χ3n) is 2.91. The maximum atomic E-state index is 13.1. The standard InChI is InChI=1S/C15H16FNO2/c1-10(17-13-5-3-4-12(16)9-13)11-6-7-14(18)15(8-11)19-2/h3-10,17-18H,1-2H3. The summed E-state index contributed by atoms with van der Waals surface area (Å²) in [6.07, 6.45) is 0. The molecule has 0 saturated heterocycles. The van der Waals surface area contributed by atoms with E-state index in [1.807, 2.05) is 6.92 Å². The molecule has 2 aromatic carbocycles. The molecule has 0 aliphatic carbocycles. The van der Waals surface area contributed by atoms with Gasteiger partial charge in [-0.25, -0.2) is 4.39 Å². The number of rotatable bonds is 4. The zero-order valence-corrected chi connectivity index (χ0v) is 10.9. The number of benzene rings is 2. The SMILES string of the molecule is COc1cc(C(C)Nc2cccc(F)c2)ccc1O. The third kappa shape index (κ3) is 3.16. The number of aromatic hydroxyl groups is 1.